The Morgan fingerprint density at radius 2 is 2.14 bits per heavy atom. The lowest BCUT2D eigenvalue weighted by Crippen LogP contribution is -2.17. The summed E-state index contributed by atoms with van der Waals surface area (Å²) in [6.45, 7) is 2.28. The van der Waals surface area contributed by atoms with Crippen molar-refractivity contribution in [2.75, 3.05) is 6.61 Å². The van der Waals surface area contributed by atoms with Crippen LogP contribution in [0.5, 0.6) is 11.5 Å². The second kappa shape index (κ2) is 7.04. The van der Waals surface area contributed by atoms with Crippen molar-refractivity contribution >= 4 is 12.1 Å². The van der Waals surface area contributed by atoms with Crippen LogP contribution in [0.15, 0.2) is 47.8 Å². The van der Waals surface area contributed by atoms with Crippen LogP contribution >= 0.6 is 0 Å². The number of aromatic hydroxyl groups is 1. The zero-order valence-corrected chi connectivity index (χ0v) is 11.5. The number of ether oxygens (including phenoxy) is 1. The molecule has 1 aromatic carbocycles. The molecule has 0 radical (unpaired) electrons. The van der Waals surface area contributed by atoms with Gasteiger partial charge >= 0.3 is 0 Å². The summed E-state index contributed by atoms with van der Waals surface area (Å²) in [5, 5.41) is 13.4. The van der Waals surface area contributed by atoms with Crippen LogP contribution in [0.1, 0.15) is 22.8 Å². The standard InChI is InChI=1S/C15H15N3O3/c1-2-21-14-9-11(3-4-13(14)19)10-17-18-15(20)12-5-7-16-8-6-12/h3-10,19H,2H2,1H3,(H,18,20). The number of benzene rings is 1. The average Bonchev–Trinajstić information content (AvgIpc) is 2.51. The fourth-order valence-corrected chi connectivity index (χ4v) is 1.62. The fourth-order valence-electron chi connectivity index (χ4n) is 1.62. The van der Waals surface area contributed by atoms with Gasteiger partial charge in [-0.05, 0) is 42.8 Å². The highest BCUT2D eigenvalue weighted by molar-refractivity contribution is 5.94. The minimum atomic E-state index is -0.322. The van der Waals surface area contributed by atoms with Gasteiger partial charge in [-0.15, -0.1) is 0 Å². The zero-order valence-electron chi connectivity index (χ0n) is 11.5. The van der Waals surface area contributed by atoms with E-state index in [1.54, 1.807) is 24.3 Å². The summed E-state index contributed by atoms with van der Waals surface area (Å²) in [4.78, 5) is 15.6. The molecule has 1 heterocycles. The summed E-state index contributed by atoms with van der Waals surface area (Å²) >= 11 is 0. The van der Waals surface area contributed by atoms with E-state index in [0.717, 1.165) is 0 Å². The van der Waals surface area contributed by atoms with Gasteiger partial charge in [0.25, 0.3) is 5.91 Å². The molecule has 2 rings (SSSR count). The monoisotopic (exact) mass is 285 g/mol. The van der Waals surface area contributed by atoms with Crippen molar-refractivity contribution in [2.24, 2.45) is 5.10 Å². The second-order valence-electron chi connectivity index (χ2n) is 4.10. The van der Waals surface area contributed by atoms with Crippen molar-refractivity contribution in [2.45, 2.75) is 6.92 Å². The maximum absolute atomic E-state index is 11.7. The van der Waals surface area contributed by atoms with Gasteiger partial charge in [-0.2, -0.15) is 5.10 Å². The van der Waals surface area contributed by atoms with Crippen molar-refractivity contribution in [1.82, 2.24) is 10.4 Å². The first-order chi connectivity index (χ1) is 10.2. The van der Waals surface area contributed by atoms with E-state index in [1.807, 2.05) is 6.92 Å². The largest absolute Gasteiger partial charge is 0.504 e. The highest BCUT2D eigenvalue weighted by Gasteiger charge is 2.03. The number of pyridine rings is 1. The van der Waals surface area contributed by atoms with E-state index >= 15 is 0 Å². The number of nitrogens with one attached hydrogen (secondary N) is 1. The molecule has 108 valence electrons. The van der Waals surface area contributed by atoms with E-state index in [1.165, 1.54) is 24.7 Å². The summed E-state index contributed by atoms with van der Waals surface area (Å²) in [5.41, 5.74) is 3.59. The number of rotatable bonds is 5. The first-order valence-electron chi connectivity index (χ1n) is 6.40. The van der Waals surface area contributed by atoms with Crippen LogP contribution in [0.25, 0.3) is 0 Å². The lowest BCUT2D eigenvalue weighted by Gasteiger charge is -2.06. The van der Waals surface area contributed by atoms with E-state index in [4.69, 9.17) is 4.74 Å². The fraction of sp³-hybridized carbons (Fsp3) is 0.133. The molecule has 1 amide bonds. The lowest BCUT2D eigenvalue weighted by atomic mass is 10.2. The van der Waals surface area contributed by atoms with Crippen LogP contribution in [0.3, 0.4) is 0 Å². The third-order valence-corrected chi connectivity index (χ3v) is 2.61. The van der Waals surface area contributed by atoms with Gasteiger partial charge in [0.05, 0.1) is 12.8 Å². The Bertz CT molecular complexity index is 642. The molecule has 21 heavy (non-hydrogen) atoms. The van der Waals surface area contributed by atoms with E-state index in [2.05, 4.69) is 15.5 Å². The molecule has 2 N–H and O–H groups in total. The van der Waals surface area contributed by atoms with Gasteiger partial charge < -0.3 is 9.84 Å². The number of hydrogen-bond acceptors (Lipinski definition) is 5. The van der Waals surface area contributed by atoms with Crippen molar-refractivity contribution in [3.63, 3.8) is 0 Å². The van der Waals surface area contributed by atoms with Crippen molar-refractivity contribution in [3.8, 4) is 11.5 Å². The maximum atomic E-state index is 11.7. The van der Waals surface area contributed by atoms with Gasteiger partial charge in [0.15, 0.2) is 11.5 Å². The van der Waals surface area contributed by atoms with Gasteiger partial charge in [0.2, 0.25) is 0 Å². The third-order valence-electron chi connectivity index (χ3n) is 2.61. The van der Waals surface area contributed by atoms with Gasteiger partial charge in [0, 0.05) is 18.0 Å². The molecular weight excluding hydrogens is 270 g/mol. The predicted octanol–water partition coefficient (Wildman–Crippen LogP) is 1.95. The van der Waals surface area contributed by atoms with Crippen LogP contribution in [-0.2, 0) is 0 Å². The van der Waals surface area contributed by atoms with Crippen molar-refractivity contribution < 1.29 is 14.6 Å². The lowest BCUT2D eigenvalue weighted by molar-refractivity contribution is 0.0955. The van der Waals surface area contributed by atoms with Gasteiger partial charge in [0.1, 0.15) is 0 Å². The SMILES string of the molecule is CCOc1cc(C=NNC(=O)c2ccncc2)ccc1O. The summed E-state index contributed by atoms with van der Waals surface area (Å²) < 4.78 is 5.27. The Balaban J connectivity index is 2.01. The quantitative estimate of drug-likeness (QED) is 0.649. The minimum Gasteiger partial charge on any atom is -0.504 e. The molecule has 0 saturated carbocycles. The molecule has 0 spiro atoms. The number of nitrogens with zero attached hydrogens (tertiary/aromatic N) is 2. The molecule has 2 aromatic rings. The number of hydrazone groups is 1. The minimum absolute atomic E-state index is 0.0646. The number of amides is 1. The molecule has 0 aliphatic carbocycles. The van der Waals surface area contributed by atoms with Crippen LogP contribution < -0.4 is 10.2 Å². The molecule has 6 heteroatoms. The Morgan fingerprint density at radius 1 is 1.38 bits per heavy atom. The molecule has 0 aliphatic rings. The average molecular weight is 285 g/mol. The van der Waals surface area contributed by atoms with Crippen molar-refractivity contribution in [3.05, 3.63) is 53.9 Å². The molecule has 1 aromatic heterocycles. The Kier molecular flexibility index (Phi) is 4.87. The van der Waals surface area contributed by atoms with Gasteiger partial charge in [-0.1, -0.05) is 0 Å². The normalized spacial score (nSPS) is 10.5. The Labute approximate surface area is 122 Å². The summed E-state index contributed by atoms with van der Waals surface area (Å²) in [6, 6.07) is 8.01. The molecule has 0 fully saturated rings. The van der Waals surface area contributed by atoms with Gasteiger partial charge in [-0.3, -0.25) is 9.78 Å². The molecule has 0 aliphatic heterocycles. The van der Waals surface area contributed by atoms with Crippen LogP contribution in [-0.4, -0.2) is 28.8 Å². The molecule has 0 unspecified atom stereocenters. The summed E-state index contributed by atoms with van der Waals surface area (Å²) in [7, 11) is 0. The van der Waals surface area contributed by atoms with Crippen molar-refractivity contribution in [1.29, 1.82) is 0 Å². The summed E-state index contributed by atoms with van der Waals surface area (Å²) in [6.07, 6.45) is 4.54. The first-order valence-corrected chi connectivity index (χ1v) is 6.40. The first kappa shape index (κ1) is 14.5. The molecule has 0 atom stereocenters. The number of hydrogen-bond donors (Lipinski definition) is 2. The van der Waals surface area contributed by atoms with E-state index in [0.29, 0.717) is 23.5 Å². The van der Waals surface area contributed by atoms with Crippen LogP contribution in [0.2, 0.25) is 0 Å². The molecule has 0 saturated heterocycles. The summed E-state index contributed by atoms with van der Waals surface area (Å²) in [5.74, 6) is 0.120. The number of carbonyl (C=O) groups excluding carboxylic acids is 1. The second-order valence-corrected chi connectivity index (χ2v) is 4.10. The van der Waals surface area contributed by atoms with Crippen LogP contribution in [0.4, 0.5) is 0 Å². The molecule has 0 bridgehead atoms. The number of phenols is 1. The van der Waals surface area contributed by atoms with Crippen LogP contribution in [0, 0.1) is 0 Å². The number of aromatic nitrogens is 1. The topological polar surface area (TPSA) is 83.8 Å². The predicted molar refractivity (Wildman–Crippen MR) is 78.6 cm³/mol. The van der Waals surface area contributed by atoms with E-state index < -0.39 is 0 Å². The molecule has 6 nitrogen and oxygen atoms in total. The highest BCUT2D eigenvalue weighted by Crippen LogP contribution is 2.26. The Morgan fingerprint density at radius 3 is 2.86 bits per heavy atom. The number of carbonyl (C=O) groups is 1. The van der Waals surface area contributed by atoms with Gasteiger partial charge in [-0.25, -0.2) is 5.43 Å². The van der Waals surface area contributed by atoms with E-state index in [-0.39, 0.29) is 11.7 Å². The number of phenolic OH excluding ortho intramolecular Hbond substituents is 1. The highest BCUT2D eigenvalue weighted by atomic mass is 16.5. The zero-order chi connectivity index (χ0) is 15.1. The molecular formula is C15H15N3O3. The Hall–Kier alpha value is -2.89. The smallest absolute Gasteiger partial charge is 0.271 e. The maximum Gasteiger partial charge on any atom is 0.271 e. The van der Waals surface area contributed by atoms with E-state index in [9.17, 15) is 9.90 Å². The third kappa shape index (κ3) is 4.04.